The van der Waals surface area contributed by atoms with E-state index in [9.17, 15) is 13.6 Å². The number of rotatable bonds is 6. The van der Waals surface area contributed by atoms with E-state index in [1.165, 1.54) is 13.1 Å². The van der Waals surface area contributed by atoms with E-state index in [2.05, 4.69) is 4.99 Å². The summed E-state index contributed by atoms with van der Waals surface area (Å²) >= 11 is 0. The first kappa shape index (κ1) is 23.5. The molecule has 0 radical (unpaired) electrons. The molecule has 0 saturated carbocycles. The number of aliphatic imine (C=N–C) groups is 1. The van der Waals surface area contributed by atoms with Crippen molar-refractivity contribution in [2.75, 3.05) is 26.7 Å². The Labute approximate surface area is 161 Å². The summed E-state index contributed by atoms with van der Waals surface area (Å²) in [6.45, 7) is 9.62. The van der Waals surface area contributed by atoms with Gasteiger partial charge < -0.3 is 4.74 Å². The zero-order valence-corrected chi connectivity index (χ0v) is 17.3. The standard InChI is InChI=1S/C19H34F2N4O2/c1-14(2)7-8-16(23-6)19(20,21)13-24-11-9-15(10-12-24)25(22)17(26)27-18(3,4)5/h7-8,14-15H,9-13,22H2,1-6H3/b8-7-,23-16+. The Morgan fingerprint density at radius 2 is 1.89 bits per heavy atom. The molecule has 1 fully saturated rings. The molecule has 0 aromatic rings. The van der Waals surface area contributed by atoms with Gasteiger partial charge in [0.25, 0.3) is 0 Å². The number of hydrazine groups is 1. The number of likely N-dealkylation sites (tertiary alicyclic amines) is 1. The second kappa shape index (κ2) is 9.59. The molecule has 1 rings (SSSR count). The molecule has 8 heteroatoms. The minimum atomic E-state index is -3.03. The van der Waals surface area contributed by atoms with Gasteiger partial charge in [-0.2, -0.15) is 8.78 Å². The van der Waals surface area contributed by atoms with Crippen LogP contribution < -0.4 is 5.84 Å². The fourth-order valence-electron chi connectivity index (χ4n) is 2.82. The topological polar surface area (TPSA) is 71.2 Å². The van der Waals surface area contributed by atoms with Crippen molar-refractivity contribution in [2.45, 2.75) is 65.0 Å². The molecule has 0 atom stereocenters. The molecule has 1 aliphatic heterocycles. The van der Waals surface area contributed by atoms with Crippen LogP contribution >= 0.6 is 0 Å². The Morgan fingerprint density at radius 1 is 1.33 bits per heavy atom. The van der Waals surface area contributed by atoms with Gasteiger partial charge in [0.05, 0.1) is 12.6 Å². The van der Waals surface area contributed by atoms with E-state index in [1.54, 1.807) is 31.7 Å². The third-order valence-corrected chi connectivity index (χ3v) is 4.23. The first-order chi connectivity index (χ1) is 12.4. The van der Waals surface area contributed by atoms with Gasteiger partial charge >= 0.3 is 12.0 Å². The molecule has 156 valence electrons. The molecular weight excluding hydrogens is 354 g/mol. The molecule has 0 aromatic carbocycles. The van der Waals surface area contributed by atoms with E-state index in [4.69, 9.17) is 10.6 Å². The number of piperidine rings is 1. The number of ether oxygens (including phenoxy) is 1. The molecule has 1 amide bonds. The first-order valence-corrected chi connectivity index (χ1v) is 9.38. The number of alkyl halides is 2. The summed E-state index contributed by atoms with van der Waals surface area (Å²) in [7, 11) is 1.38. The number of nitrogens with zero attached hydrogens (tertiary/aromatic N) is 3. The molecule has 0 spiro atoms. The van der Waals surface area contributed by atoms with Crippen molar-refractivity contribution in [1.82, 2.24) is 9.91 Å². The van der Waals surface area contributed by atoms with Crippen molar-refractivity contribution in [3.05, 3.63) is 12.2 Å². The number of amides is 1. The average molecular weight is 389 g/mol. The highest BCUT2D eigenvalue weighted by Crippen LogP contribution is 2.23. The van der Waals surface area contributed by atoms with Gasteiger partial charge in [-0.3, -0.25) is 9.89 Å². The van der Waals surface area contributed by atoms with Crippen molar-refractivity contribution in [3.63, 3.8) is 0 Å². The lowest BCUT2D eigenvalue weighted by Crippen LogP contribution is -2.53. The summed E-state index contributed by atoms with van der Waals surface area (Å²) < 4.78 is 34.4. The quantitative estimate of drug-likeness (QED) is 0.327. The van der Waals surface area contributed by atoms with Gasteiger partial charge in [-0.05, 0) is 45.6 Å². The molecule has 27 heavy (non-hydrogen) atoms. The van der Waals surface area contributed by atoms with Gasteiger partial charge in [0.1, 0.15) is 11.3 Å². The molecule has 1 heterocycles. The summed E-state index contributed by atoms with van der Waals surface area (Å²) in [5.41, 5.74) is -0.843. The number of carbonyl (C=O) groups excluding carboxylic acids is 1. The van der Waals surface area contributed by atoms with E-state index in [0.717, 1.165) is 5.01 Å². The van der Waals surface area contributed by atoms with Crippen molar-refractivity contribution < 1.29 is 18.3 Å². The lowest BCUT2D eigenvalue weighted by Gasteiger charge is -2.37. The highest BCUT2D eigenvalue weighted by atomic mass is 19.3. The molecule has 0 aliphatic carbocycles. The van der Waals surface area contributed by atoms with Crippen LogP contribution in [0.15, 0.2) is 17.1 Å². The number of allylic oxidation sites excluding steroid dienone is 2. The molecule has 1 saturated heterocycles. The van der Waals surface area contributed by atoms with Crippen LogP contribution in [0.3, 0.4) is 0 Å². The van der Waals surface area contributed by atoms with Crippen molar-refractivity contribution in [2.24, 2.45) is 16.8 Å². The van der Waals surface area contributed by atoms with E-state index in [1.807, 2.05) is 13.8 Å². The maximum Gasteiger partial charge on any atom is 0.424 e. The smallest absolute Gasteiger partial charge is 0.424 e. The Kier molecular flexibility index (Phi) is 8.35. The van der Waals surface area contributed by atoms with Gasteiger partial charge in [-0.15, -0.1) is 0 Å². The predicted octanol–water partition coefficient (Wildman–Crippen LogP) is 3.48. The second-order valence-corrected chi connectivity index (χ2v) is 8.31. The number of nitrogens with two attached hydrogens (primary N) is 1. The molecule has 0 bridgehead atoms. The fourth-order valence-corrected chi connectivity index (χ4v) is 2.82. The SMILES string of the molecule is C/N=C(\C=C/C(C)C)C(F)(F)CN1CCC(N(N)C(=O)OC(C)(C)C)CC1. The third kappa shape index (κ3) is 7.92. The second-order valence-electron chi connectivity index (χ2n) is 8.31. The van der Waals surface area contributed by atoms with Crippen LogP contribution in [0, 0.1) is 5.92 Å². The minimum Gasteiger partial charge on any atom is -0.443 e. The Hall–Kier alpha value is -1.54. The molecule has 1 aliphatic rings. The number of halogens is 2. The van der Waals surface area contributed by atoms with Gasteiger partial charge in [0.15, 0.2) is 0 Å². The average Bonchev–Trinajstić information content (AvgIpc) is 2.53. The lowest BCUT2D eigenvalue weighted by atomic mass is 10.0. The highest BCUT2D eigenvalue weighted by molar-refractivity contribution is 6.00. The van der Waals surface area contributed by atoms with Gasteiger partial charge in [-0.1, -0.05) is 19.9 Å². The summed E-state index contributed by atoms with van der Waals surface area (Å²) in [6, 6.07) is -0.218. The maximum atomic E-state index is 14.6. The zero-order chi connectivity index (χ0) is 20.8. The summed E-state index contributed by atoms with van der Waals surface area (Å²) in [5.74, 6) is 3.02. The third-order valence-electron chi connectivity index (χ3n) is 4.23. The van der Waals surface area contributed by atoms with Crippen LogP contribution in [-0.4, -0.2) is 66.0 Å². The normalized spacial score (nSPS) is 18.4. The Bertz CT molecular complexity index is 548. The van der Waals surface area contributed by atoms with Gasteiger partial charge in [0.2, 0.25) is 0 Å². The van der Waals surface area contributed by atoms with E-state index in [0.29, 0.717) is 25.9 Å². The molecule has 6 nitrogen and oxygen atoms in total. The van der Waals surface area contributed by atoms with Crippen LogP contribution in [0.1, 0.15) is 47.5 Å². The van der Waals surface area contributed by atoms with Crippen LogP contribution in [-0.2, 0) is 4.74 Å². The van der Waals surface area contributed by atoms with Crippen molar-refractivity contribution >= 4 is 11.8 Å². The van der Waals surface area contributed by atoms with Gasteiger partial charge in [0, 0.05) is 20.1 Å². The minimum absolute atomic E-state index is 0.177. The van der Waals surface area contributed by atoms with Crippen LogP contribution in [0.5, 0.6) is 0 Å². The van der Waals surface area contributed by atoms with Crippen LogP contribution in [0.4, 0.5) is 13.6 Å². The molecular formula is C19H34F2N4O2. The predicted molar refractivity (Wildman–Crippen MR) is 104 cm³/mol. The molecule has 2 N–H and O–H groups in total. The fraction of sp³-hybridized carbons (Fsp3) is 0.789. The Balaban J connectivity index is 2.60. The largest absolute Gasteiger partial charge is 0.443 e. The number of hydrogen-bond acceptors (Lipinski definition) is 5. The monoisotopic (exact) mass is 388 g/mol. The zero-order valence-electron chi connectivity index (χ0n) is 17.3. The summed E-state index contributed by atoms with van der Waals surface area (Å²) in [6.07, 6.45) is 3.57. The van der Waals surface area contributed by atoms with Crippen LogP contribution in [0.25, 0.3) is 0 Å². The van der Waals surface area contributed by atoms with Crippen LogP contribution in [0.2, 0.25) is 0 Å². The highest BCUT2D eigenvalue weighted by Gasteiger charge is 2.38. The maximum absolute atomic E-state index is 14.6. The Morgan fingerprint density at radius 3 is 2.33 bits per heavy atom. The summed E-state index contributed by atoms with van der Waals surface area (Å²) in [5, 5.41) is 1.09. The summed E-state index contributed by atoms with van der Waals surface area (Å²) in [4.78, 5) is 17.5. The first-order valence-electron chi connectivity index (χ1n) is 9.38. The van der Waals surface area contributed by atoms with Crippen molar-refractivity contribution in [1.29, 1.82) is 0 Å². The van der Waals surface area contributed by atoms with E-state index in [-0.39, 0.29) is 17.7 Å². The number of hydrogen-bond donors (Lipinski definition) is 1. The van der Waals surface area contributed by atoms with Crippen molar-refractivity contribution in [3.8, 4) is 0 Å². The van der Waals surface area contributed by atoms with E-state index >= 15 is 0 Å². The van der Waals surface area contributed by atoms with E-state index < -0.39 is 24.2 Å². The lowest BCUT2D eigenvalue weighted by molar-refractivity contribution is -0.00455. The molecule has 0 unspecified atom stereocenters. The molecule has 0 aromatic heterocycles. The van der Waals surface area contributed by atoms with Gasteiger partial charge in [-0.25, -0.2) is 15.6 Å². The number of carbonyl (C=O) groups is 1.